The van der Waals surface area contributed by atoms with Gasteiger partial charge in [-0.15, -0.1) is 0 Å². The van der Waals surface area contributed by atoms with Crippen LogP contribution in [-0.4, -0.2) is 25.3 Å². The minimum absolute atomic E-state index is 0.419. The molecule has 0 spiro atoms. The van der Waals surface area contributed by atoms with Crippen molar-refractivity contribution in [3.63, 3.8) is 0 Å². The zero-order chi connectivity index (χ0) is 14.2. The second-order valence-corrected chi connectivity index (χ2v) is 8.26. The fourth-order valence-corrected chi connectivity index (χ4v) is 5.15. The molecular weight excluding hydrogens is 246 g/mol. The van der Waals surface area contributed by atoms with Crippen molar-refractivity contribution in [1.29, 1.82) is 0 Å². The molecule has 20 heavy (non-hydrogen) atoms. The fourth-order valence-electron chi connectivity index (χ4n) is 5.15. The molecule has 2 heteroatoms. The van der Waals surface area contributed by atoms with Crippen LogP contribution in [0.1, 0.15) is 72.1 Å². The molecule has 0 radical (unpaired) electrons. The van der Waals surface area contributed by atoms with Crippen LogP contribution in [0.2, 0.25) is 0 Å². The standard InChI is InChI=1S/C18H33NO/c1-17(2)14-9-10-18(17,3)16(13-14)20-12-11-19-15-7-5-4-6-8-15/h14-16,19H,4-13H2,1-3H3/t14-,16+,18-/m1/s1. The zero-order valence-electron chi connectivity index (χ0n) is 13.7. The molecule has 0 saturated heterocycles. The number of fused-ring (bicyclic) bond motifs is 2. The van der Waals surface area contributed by atoms with E-state index in [-0.39, 0.29) is 0 Å². The molecule has 0 amide bonds. The Hall–Kier alpha value is -0.0800. The lowest BCUT2D eigenvalue weighted by molar-refractivity contribution is -0.0455. The van der Waals surface area contributed by atoms with Crippen LogP contribution in [0.4, 0.5) is 0 Å². The summed E-state index contributed by atoms with van der Waals surface area (Å²) in [5.74, 6) is 0.892. The molecular formula is C18H33NO. The predicted molar refractivity (Wildman–Crippen MR) is 83.8 cm³/mol. The number of hydrogen-bond donors (Lipinski definition) is 1. The van der Waals surface area contributed by atoms with Crippen molar-refractivity contribution in [2.75, 3.05) is 13.2 Å². The van der Waals surface area contributed by atoms with Crippen LogP contribution in [0.15, 0.2) is 0 Å². The van der Waals surface area contributed by atoms with Crippen LogP contribution >= 0.6 is 0 Å². The minimum atomic E-state index is 0.419. The Labute approximate surface area is 125 Å². The molecule has 0 unspecified atom stereocenters. The average Bonchev–Trinajstić information content (AvgIpc) is 2.78. The Kier molecular flexibility index (Phi) is 4.16. The summed E-state index contributed by atoms with van der Waals surface area (Å²) < 4.78 is 6.30. The number of hydrogen-bond acceptors (Lipinski definition) is 2. The van der Waals surface area contributed by atoms with E-state index in [9.17, 15) is 0 Å². The van der Waals surface area contributed by atoms with Gasteiger partial charge in [0.2, 0.25) is 0 Å². The normalized spacial score (nSPS) is 40.4. The van der Waals surface area contributed by atoms with Gasteiger partial charge >= 0.3 is 0 Å². The van der Waals surface area contributed by atoms with Gasteiger partial charge < -0.3 is 10.1 Å². The van der Waals surface area contributed by atoms with Crippen molar-refractivity contribution in [3.05, 3.63) is 0 Å². The molecule has 3 fully saturated rings. The van der Waals surface area contributed by atoms with E-state index in [4.69, 9.17) is 4.74 Å². The molecule has 3 aliphatic carbocycles. The summed E-state index contributed by atoms with van der Waals surface area (Å²) in [4.78, 5) is 0. The fraction of sp³-hybridized carbons (Fsp3) is 1.00. The molecule has 0 aromatic rings. The van der Waals surface area contributed by atoms with Gasteiger partial charge in [0.1, 0.15) is 0 Å². The number of rotatable bonds is 5. The maximum Gasteiger partial charge on any atom is 0.0637 e. The minimum Gasteiger partial charge on any atom is -0.376 e. The van der Waals surface area contributed by atoms with E-state index < -0.39 is 0 Å². The van der Waals surface area contributed by atoms with Crippen LogP contribution < -0.4 is 5.32 Å². The Bertz CT molecular complexity index is 334. The smallest absolute Gasteiger partial charge is 0.0637 e. The molecule has 1 N–H and O–H groups in total. The van der Waals surface area contributed by atoms with E-state index >= 15 is 0 Å². The molecule has 3 saturated carbocycles. The molecule has 3 rings (SSSR count). The molecule has 0 aromatic heterocycles. The van der Waals surface area contributed by atoms with Crippen LogP contribution in [-0.2, 0) is 4.74 Å². The van der Waals surface area contributed by atoms with Gasteiger partial charge in [0.25, 0.3) is 0 Å². The summed E-state index contributed by atoms with van der Waals surface area (Å²) in [6.07, 6.45) is 11.6. The molecule has 2 nitrogen and oxygen atoms in total. The molecule has 3 atom stereocenters. The lowest BCUT2D eigenvalue weighted by Gasteiger charge is -2.39. The first-order valence-corrected chi connectivity index (χ1v) is 8.89. The first-order valence-electron chi connectivity index (χ1n) is 8.89. The number of nitrogens with one attached hydrogen (secondary N) is 1. The molecule has 2 bridgehead atoms. The van der Waals surface area contributed by atoms with E-state index in [2.05, 4.69) is 26.1 Å². The van der Waals surface area contributed by atoms with E-state index in [1.165, 1.54) is 51.4 Å². The quantitative estimate of drug-likeness (QED) is 0.764. The highest BCUT2D eigenvalue weighted by atomic mass is 16.5. The SMILES string of the molecule is CC1(C)[C@@H]2CC[C@]1(C)[C@@H](OCCNC1CCCCC1)C2. The Morgan fingerprint density at radius 2 is 1.80 bits per heavy atom. The van der Waals surface area contributed by atoms with Gasteiger partial charge in [-0.3, -0.25) is 0 Å². The van der Waals surface area contributed by atoms with Crippen molar-refractivity contribution in [2.24, 2.45) is 16.7 Å². The third-order valence-electron chi connectivity index (χ3n) is 7.17. The molecule has 0 aromatic carbocycles. The lowest BCUT2D eigenvalue weighted by Crippen LogP contribution is -2.39. The van der Waals surface area contributed by atoms with Crippen LogP contribution in [0.3, 0.4) is 0 Å². The van der Waals surface area contributed by atoms with Gasteiger partial charge in [0.05, 0.1) is 12.7 Å². The third kappa shape index (κ3) is 2.43. The summed E-state index contributed by atoms with van der Waals surface area (Å²) in [6, 6.07) is 0.763. The van der Waals surface area contributed by atoms with Crippen molar-refractivity contribution >= 4 is 0 Å². The Morgan fingerprint density at radius 3 is 2.40 bits per heavy atom. The summed E-state index contributed by atoms with van der Waals surface area (Å²) >= 11 is 0. The zero-order valence-corrected chi connectivity index (χ0v) is 13.7. The highest BCUT2D eigenvalue weighted by Crippen LogP contribution is 2.66. The van der Waals surface area contributed by atoms with Gasteiger partial charge in [0.15, 0.2) is 0 Å². The summed E-state index contributed by atoms with van der Waals surface area (Å²) in [7, 11) is 0. The van der Waals surface area contributed by atoms with E-state index in [0.29, 0.717) is 16.9 Å². The molecule has 0 aliphatic heterocycles. The second kappa shape index (κ2) is 5.61. The maximum absolute atomic E-state index is 6.30. The summed E-state index contributed by atoms with van der Waals surface area (Å²) in [6.45, 7) is 9.35. The Morgan fingerprint density at radius 1 is 1.05 bits per heavy atom. The predicted octanol–water partition coefficient (Wildman–Crippen LogP) is 4.14. The van der Waals surface area contributed by atoms with Crippen LogP contribution in [0.25, 0.3) is 0 Å². The van der Waals surface area contributed by atoms with Gasteiger partial charge in [-0.1, -0.05) is 40.0 Å². The lowest BCUT2D eigenvalue weighted by atomic mass is 9.70. The first kappa shape index (κ1) is 14.8. The van der Waals surface area contributed by atoms with Gasteiger partial charge in [-0.2, -0.15) is 0 Å². The van der Waals surface area contributed by atoms with E-state index in [0.717, 1.165) is 25.1 Å². The van der Waals surface area contributed by atoms with Gasteiger partial charge in [-0.25, -0.2) is 0 Å². The largest absolute Gasteiger partial charge is 0.376 e. The Balaban J connectivity index is 1.41. The highest BCUT2D eigenvalue weighted by molar-refractivity contribution is 5.11. The monoisotopic (exact) mass is 279 g/mol. The second-order valence-electron chi connectivity index (χ2n) is 8.26. The van der Waals surface area contributed by atoms with E-state index in [1.54, 1.807) is 0 Å². The van der Waals surface area contributed by atoms with E-state index in [1.807, 2.05) is 0 Å². The molecule has 116 valence electrons. The molecule has 0 heterocycles. The highest BCUT2D eigenvalue weighted by Gasteiger charge is 2.61. The van der Waals surface area contributed by atoms with Gasteiger partial charge in [-0.05, 0) is 48.9 Å². The van der Waals surface area contributed by atoms with Crippen molar-refractivity contribution in [1.82, 2.24) is 5.32 Å². The summed E-state index contributed by atoms with van der Waals surface area (Å²) in [5, 5.41) is 3.70. The maximum atomic E-state index is 6.30. The third-order valence-corrected chi connectivity index (χ3v) is 7.17. The number of ether oxygens (including phenoxy) is 1. The summed E-state index contributed by atoms with van der Waals surface area (Å²) in [5.41, 5.74) is 0.900. The van der Waals surface area contributed by atoms with Crippen molar-refractivity contribution in [2.45, 2.75) is 84.3 Å². The van der Waals surface area contributed by atoms with Crippen LogP contribution in [0, 0.1) is 16.7 Å². The van der Waals surface area contributed by atoms with Gasteiger partial charge in [0, 0.05) is 12.6 Å². The van der Waals surface area contributed by atoms with Crippen molar-refractivity contribution in [3.8, 4) is 0 Å². The first-order chi connectivity index (χ1) is 9.54. The average molecular weight is 279 g/mol. The van der Waals surface area contributed by atoms with Crippen LogP contribution in [0.5, 0.6) is 0 Å². The van der Waals surface area contributed by atoms with Crippen molar-refractivity contribution < 1.29 is 4.74 Å². The topological polar surface area (TPSA) is 21.3 Å². The molecule has 3 aliphatic rings.